The first-order chi connectivity index (χ1) is 7.24. The summed E-state index contributed by atoms with van der Waals surface area (Å²) in [5, 5.41) is 7.90. The van der Waals surface area contributed by atoms with Crippen LogP contribution in [0.5, 0.6) is 0 Å². The Hall–Kier alpha value is 0.0901. The monoisotopic (exact) mass is 327 g/mol. The summed E-state index contributed by atoms with van der Waals surface area (Å²) in [6, 6.07) is 0. The van der Waals surface area contributed by atoms with E-state index in [1.165, 1.54) is 0 Å². The van der Waals surface area contributed by atoms with Gasteiger partial charge in [0.2, 0.25) is 0 Å². The Morgan fingerprint density at radius 2 is 1.06 bits per heavy atom. The summed E-state index contributed by atoms with van der Waals surface area (Å²) in [4.78, 5) is 0. The average molecular weight is 327 g/mol. The molecule has 10 heteroatoms. The Morgan fingerprint density at radius 3 is 1.35 bits per heavy atom. The maximum Gasteiger partial charge on any atom is 1.00 e. The van der Waals surface area contributed by atoms with Crippen LogP contribution < -0.4 is 63.7 Å². The Morgan fingerprint density at radius 1 is 0.765 bits per heavy atom. The zero-order valence-electron chi connectivity index (χ0n) is 8.17. The molecule has 0 aliphatic heterocycles. The van der Waals surface area contributed by atoms with Crippen molar-refractivity contribution in [1.29, 1.82) is 5.26 Å². The van der Waals surface area contributed by atoms with Gasteiger partial charge in [-0.25, -0.2) is 27.2 Å². The fourth-order valence-electron chi connectivity index (χ4n) is 1.00. The van der Waals surface area contributed by atoms with Gasteiger partial charge in [-0.3, -0.25) is 0 Å². The van der Waals surface area contributed by atoms with Gasteiger partial charge in [0, 0.05) is 0 Å². The second-order valence-electron chi connectivity index (χ2n) is 2.78. The maximum absolute atomic E-state index is 12.7. The van der Waals surface area contributed by atoms with Crippen LogP contribution in [-0.4, -0.2) is 6.70 Å². The van der Waals surface area contributed by atoms with Crippen molar-refractivity contribution in [2.45, 2.75) is 0 Å². The maximum atomic E-state index is 12.7. The van der Waals surface area contributed by atoms with Gasteiger partial charge in [0.25, 0.3) is 0 Å². The van der Waals surface area contributed by atoms with Crippen LogP contribution in [0.1, 0.15) is 0 Å². The van der Waals surface area contributed by atoms with Gasteiger partial charge in [0.05, 0.1) is 0 Å². The van der Waals surface area contributed by atoms with Gasteiger partial charge in [-0.1, -0.05) is 11.4 Å². The van der Waals surface area contributed by atoms with E-state index in [1.54, 1.807) is 0 Å². The van der Waals surface area contributed by atoms with Crippen molar-refractivity contribution < 1.29 is 88.8 Å². The molecule has 0 aromatic heterocycles. The molecule has 0 saturated carbocycles. The van der Waals surface area contributed by atoms with Crippen molar-refractivity contribution in [2.75, 3.05) is 0 Å². The molecule has 0 amide bonds. The number of halogens is 7. The van der Waals surface area contributed by atoms with Gasteiger partial charge >= 0.3 is 64.9 Å². The zero-order valence-corrected chi connectivity index (χ0v) is 13.1. The number of rotatable bonds is 1. The predicted octanol–water partition coefficient (Wildman–Crippen LogP) is -0.963. The van der Waals surface area contributed by atoms with E-state index in [0.29, 0.717) is 0 Å². The molecule has 0 N–H and O–H groups in total. The van der Waals surface area contributed by atoms with E-state index in [2.05, 4.69) is 0 Å². The Labute approximate surface area is 139 Å². The van der Waals surface area contributed by atoms with E-state index >= 15 is 0 Å². The number of nitrogens with zero attached hydrogens (tertiary/aromatic N) is 1. The van der Waals surface area contributed by atoms with Crippen molar-refractivity contribution >= 4 is 12.2 Å². The molecule has 1 aromatic carbocycles. The summed E-state index contributed by atoms with van der Waals surface area (Å²) >= 11 is 0. The fourth-order valence-corrected chi connectivity index (χ4v) is 1.00. The second kappa shape index (κ2) is 5.82. The van der Waals surface area contributed by atoms with Gasteiger partial charge in [0.15, 0.2) is 17.5 Å². The first-order valence-corrected chi connectivity index (χ1v) is 3.68. The second-order valence-corrected chi connectivity index (χ2v) is 2.78. The molecule has 1 rings (SSSR count). The van der Waals surface area contributed by atoms with E-state index in [9.17, 15) is 30.6 Å². The Balaban J connectivity index is 0.00000256. The quantitative estimate of drug-likeness (QED) is 0.282. The van der Waals surface area contributed by atoms with E-state index in [1.807, 2.05) is 0 Å². The van der Waals surface area contributed by atoms with Crippen LogP contribution in [0.25, 0.3) is 0 Å². The Kier molecular flexibility index (Phi) is 5.85. The molecule has 0 aliphatic carbocycles. The van der Waals surface area contributed by atoms with Crippen LogP contribution >= 0.6 is 0 Å². The van der Waals surface area contributed by atoms with Crippen molar-refractivity contribution in [3.63, 3.8) is 0 Å². The van der Waals surface area contributed by atoms with Crippen molar-refractivity contribution in [3.05, 3.63) is 29.1 Å². The molecule has 1 aromatic rings. The molecular weight excluding hydrogens is 327 g/mol. The summed E-state index contributed by atoms with van der Waals surface area (Å²) in [6.07, 6.45) is 0. The van der Waals surface area contributed by atoms with Crippen LogP contribution in [0.2, 0.25) is 0 Å². The standard InChI is InChI=1S/C7BF7N.Rb/c9-3-2(8(14,15)1-16)4(10)6(12)7(13)5(3)11;/q-1;+1. The zero-order chi connectivity index (χ0) is 12.7. The minimum Gasteiger partial charge on any atom is -0.461 e. The minimum absolute atomic E-state index is 0. The molecule has 0 fully saturated rings. The van der Waals surface area contributed by atoms with Crippen LogP contribution in [0, 0.1) is 40.3 Å². The van der Waals surface area contributed by atoms with Crippen LogP contribution in [0.3, 0.4) is 0 Å². The van der Waals surface area contributed by atoms with E-state index in [0.717, 1.165) is 0 Å². The molecule has 0 bridgehead atoms. The summed E-state index contributed by atoms with van der Waals surface area (Å²) in [5.41, 5.74) is -2.39. The van der Waals surface area contributed by atoms with Gasteiger partial charge in [-0.2, -0.15) is 0 Å². The van der Waals surface area contributed by atoms with Gasteiger partial charge in [-0.15, -0.1) is 0 Å². The van der Waals surface area contributed by atoms with E-state index < -0.39 is 41.2 Å². The first-order valence-electron chi connectivity index (χ1n) is 3.68. The van der Waals surface area contributed by atoms with E-state index in [-0.39, 0.29) is 64.2 Å². The largest absolute Gasteiger partial charge is 1.00 e. The van der Waals surface area contributed by atoms with Crippen LogP contribution in [-0.2, 0) is 0 Å². The molecule has 0 aliphatic rings. The number of benzene rings is 1. The van der Waals surface area contributed by atoms with Gasteiger partial charge in [-0.05, 0) is 0 Å². The predicted molar refractivity (Wildman–Crippen MR) is 39.4 cm³/mol. The molecule has 0 atom stereocenters. The molecule has 86 valence electrons. The number of hydrogen-bond donors (Lipinski definition) is 0. The van der Waals surface area contributed by atoms with Crippen molar-refractivity contribution in [1.82, 2.24) is 0 Å². The first kappa shape index (κ1) is 17.1. The van der Waals surface area contributed by atoms with Crippen LogP contribution in [0.4, 0.5) is 30.6 Å². The molecule has 1 nitrogen and oxygen atoms in total. The minimum atomic E-state index is -5.48. The third kappa shape index (κ3) is 2.92. The van der Waals surface area contributed by atoms with Gasteiger partial charge in [0.1, 0.15) is 11.6 Å². The number of nitriles is 1. The molecule has 0 heterocycles. The Bertz CT molecular complexity index is 469. The SMILES string of the molecule is N#C[B-](F)(F)c1c(F)c(F)c(F)c(F)c1F.[Rb+]. The average Bonchev–Trinajstić information content (AvgIpc) is 2.23. The third-order valence-electron chi connectivity index (χ3n) is 1.77. The van der Waals surface area contributed by atoms with Crippen molar-refractivity contribution in [2.24, 2.45) is 0 Å². The van der Waals surface area contributed by atoms with Crippen LogP contribution in [0.15, 0.2) is 0 Å². The van der Waals surface area contributed by atoms with Gasteiger partial charge < -0.3 is 8.63 Å². The third-order valence-corrected chi connectivity index (χ3v) is 1.77. The molecule has 0 spiro atoms. The molecule has 0 saturated heterocycles. The summed E-state index contributed by atoms with van der Waals surface area (Å²) in [6.45, 7) is -5.48. The molecule has 0 unspecified atom stereocenters. The molecule has 17 heavy (non-hydrogen) atoms. The summed E-state index contributed by atoms with van der Waals surface area (Å²) < 4.78 is 88.2. The molecule has 0 radical (unpaired) electrons. The topological polar surface area (TPSA) is 23.8 Å². The van der Waals surface area contributed by atoms with E-state index in [4.69, 9.17) is 5.26 Å². The smallest absolute Gasteiger partial charge is 0.461 e. The number of hydrogen-bond acceptors (Lipinski definition) is 1. The molecular formula is C7BF7NRb. The summed E-state index contributed by atoms with van der Waals surface area (Å²) in [7, 11) is 0. The fraction of sp³-hybridized carbons (Fsp3) is 0. The normalized spacial score (nSPS) is 10.7. The summed E-state index contributed by atoms with van der Waals surface area (Å²) in [5.74, 6) is -12.7. The van der Waals surface area contributed by atoms with Crippen molar-refractivity contribution in [3.8, 4) is 5.97 Å².